The lowest BCUT2D eigenvalue weighted by molar-refractivity contribution is 0.923. The van der Waals surface area contributed by atoms with Gasteiger partial charge in [0.1, 0.15) is 18.0 Å². The predicted octanol–water partition coefficient (Wildman–Crippen LogP) is 3.60. The van der Waals surface area contributed by atoms with Gasteiger partial charge in [0.05, 0.1) is 0 Å². The lowest BCUT2D eigenvalue weighted by Gasteiger charge is -2.11. The van der Waals surface area contributed by atoms with E-state index >= 15 is 0 Å². The van der Waals surface area contributed by atoms with Gasteiger partial charge in [-0.2, -0.15) is 0 Å². The molecule has 0 atom stereocenters. The highest BCUT2D eigenvalue weighted by Crippen LogP contribution is 2.21. The summed E-state index contributed by atoms with van der Waals surface area (Å²) >= 11 is 0. The molecular weight excluding hydrogens is 236 g/mol. The van der Waals surface area contributed by atoms with Crippen LogP contribution in [0.3, 0.4) is 0 Å². The Bertz CT molecular complexity index is 525. The van der Waals surface area contributed by atoms with Crippen LogP contribution in [0.2, 0.25) is 0 Å². The summed E-state index contributed by atoms with van der Waals surface area (Å²) in [5, 5.41) is 6.55. The summed E-state index contributed by atoms with van der Waals surface area (Å²) in [5.41, 5.74) is 2.43. The molecule has 1 aromatic carbocycles. The fourth-order valence-electron chi connectivity index (χ4n) is 1.97. The van der Waals surface area contributed by atoms with E-state index in [4.69, 9.17) is 0 Å². The normalized spacial score (nSPS) is 10.2. The molecule has 19 heavy (non-hydrogen) atoms. The smallest absolute Gasteiger partial charge is 0.135 e. The maximum atomic E-state index is 4.26. The van der Waals surface area contributed by atoms with Gasteiger partial charge in [-0.1, -0.05) is 31.5 Å². The molecule has 0 amide bonds. The van der Waals surface area contributed by atoms with Gasteiger partial charge in [-0.25, -0.2) is 9.97 Å². The van der Waals surface area contributed by atoms with E-state index in [1.807, 2.05) is 19.1 Å². The molecular formula is C15H20N4. The van der Waals surface area contributed by atoms with E-state index in [1.54, 1.807) is 6.33 Å². The van der Waals surface area contributed by atoms with Crippen molar-refractivity contribution in [2.75, 3.05) is 17.2 Å². The average molecular weight is 256 g/mol. The largest absolute Gasteiger partial charge is 0.370 e. The van der Waals surface area contributed by atoms with Crippen molar-refractivity contribution < 1.29 is 0 Å². The SMILES string of the molecule is CCCc1ccccc1Nc1cc(NCC)ncn1. The third kappa shape index (κ3) is 3.68. The van der Waals surface area contributed by atoms with Crippen molar-refractivity contribution in [3.63, 3.8) is 0 Å². The number of hydrogen-bond acceptors (Lipinski definition) is 4. The minimum absolute atomic E-state index is 0.814. The van der Waals surface area contributed by atoms with Crippen molar-refractivity contribution in [3.05, 3.63) is 42.2 Å². The molecule has 0 saturated heterocycles. The Hall–Kier alpha value is -2.10. The summed E-state index contributed by atoms with van der Waals surface area (Å²) in [6.07, 6.45) is 3.77. The van der Waals surface area contributed by atoms with E-state index in [0.29, 0.717) is 0 Å². The molecule has 0 aliphatic carbocycles. The third-order valence-corrected chi connectivity index (χ3v) is 2.82. The lowest BCUT2D eigenvalue weighted by Crippen LogP contribution is -2.02. The Balaban J connectivity index is 2.18. The number of para-hydroxylation sites is 1. The molecule has 2 rings (SSSR count). The van der Waals surface area contributed by atoms with Crippen LogP contribution in [-0.4, -0.2) is 16.5 Å². The van der Waals surface area contributed by atoms with E-state index in [-0.39, 0.29) is 0 Å². The van der Waals surface area contributed by atoms with Crippen LogP contribution in [0, 0.1) is 0 Å². The van der Waals surface area contributed by atoms with Gasteiger partial charge in [0, 0.05) is 18.3 Å². The van der Waals surface area contributed by atoms with Crippen molar-refractivity contribution in [1.29, 1.82) is 0 Å². The second-order valence-electron chi connectivity index (χ2n) is 4.35. The van der Waals surface area contributed by atoms with Crippen LogP contribution in [-0.2, 0) is 6.42 Å². The zero-order valence-corrected chi connectivity index (χ0v) is 11.5. The van der Waals surface area contributed by atoms with E-state index in [0.717, 1.165) is 36.7 Å². The van der Waals surface area contributed by atoms with E-state index in [9.17, 15) is 0 Å². The van der Waals surface area contributed by atoms with Gasteiger partial charge >= 0.3 is 0 Å². The molecule has 4 nitrogen and oxygen atoms in total. The van der Waals surface area contributed by atoms with Crippen LogP contribution in [0.5, 0.6) is 0 Å². The van der Waals surface area contributed by atoms with Gasteiger partial charge < -0.3 is 10.6 Å². The Morgan fingerprint density at radius 3 is 2.63 bits per heavy atom. The van der Waals surface area contributed by atoms with Crippen molar-refractivity contribution in [2.24, 2.45) is 0 Å². The number of aryl methyl sites for hydroxylation is 1. The summed E-state index contributed by atoms with van der Waals surface area (Å²) in [4.78, 5) is 8.42. The Kier molecular flexibility index (Phi) is 4.72. The quantitative estimate of drug-likeness (QED) is 0.829. The van der Waals surface area contributed by atoms with Crippen molar-refractivity contribution in [2.45, 2.75) is 26.7 Å². The van der Waals surface area contributed by atoms with Gasteiger partial charge in [-0.15, -0.1) is 0 Å². The van der Waals surface area contributed by atoms with Crippen molar-refractivity contribution in [3.8, 4) is 0 Å². The molecule has 0 fully saturated rings. The second-order valence-corrected chi connectivity index (χ2v) is 4.35. The van der Waals surface area contributed by atoms with Crippen LogP contribution in [0.25, 0.3) is 0 Å². The van der Waals surface area contributed by atoms with Crippen molar-refractivity contribution >= 4 is 17.3 Å². The maximum absolute atomic E-state index is 4.26. The van der Waals surface area contributed by atoms with Gasteiger partial charge in [0.15, 0.2) is 0 Å². The standard InChI is InChI=1S/C15H20N4/c1-3-7-12-8-5-6-9-13(12)19-15-10-14(16-4-2)17-11-18-15/h5-6,8-11H,3-4,7H2,1-2H3,(H2,16,17,18,19). The molecule has 1 aromatic heterocycles. The first kappa shape index (κ1) is 13.3. The minimum Gasteiger partial charge on any atom is -0.370 e. The number of aromatic nitrogens is 2. The van der Waals surface area contributed by atoms with Crippen molar-refractivity contribution in [1.82, 2.24) is 9.97 Å². The number of nitrogens with one attached hydrogen (secondary N) is 2. The fraction of sp³-hybridized carbons (Fsp3) is 0.333. The molecule has 0 spiro atoms. The summed E-state index contributed by atoms with van der Waals surface area (Å²) < 4.78 is 0. The Labute approximate surface area is 114 Å². The average Bonchev–Trinajstić information content (AvgIpc) is 2.42. The number of anilines is 3. The van der Waals surface area contributed by atoms with Crippen LogP contribution in [0.1, 0.15) is 25.8 Å². The number of benzene rings is 1. The zero-order valence-electron chi connectivity index (χ0n) is 11.5. The minimum atomic E-state index is 0.814. The first-order valence-electron chi connectivity index (χ1n) is 6.74. The Morgan fingerprint density at radius 2 is 1.84 bits per heavy atom. The molecule has 100 valence electrons. The topological polar surface area (TPSA) is 49.8 Å². The summed E-state index contributed by atoms with van der Waals surface area (Å²) in [6, 6.07) is 10.3. The van der Waals surface area contributed by atoms with E-state index in [2.05, 4.69) is 45.7 Å². The predicted molar refractivity (Wildman–Crippen MR) is 79.9 cm³/mol. The number of hydrogen-bond donors (Lipinski definition) is 2. The summed E-state index contributed by atoms with van der Waals surface area (Å²) in [7, 11) is 0. The lowest BCUT2D eigenvalue weighted by atomic mass is 10.1. The molecule has 4 heteroatoms. The molecule has 0 radical (unpaired) electrons. The molecule has 0 unspecified atom stereocenters. The molecule has 1 heterocycles. The highest BCUT2D eigenvalue weighted by molar-refractivity contribution is 5.62. The first-order chi connectivity index (χ1) is 9.33. The van der Waals surface area contributed by atoms with Crippen LogP contribution in [0.4, 0.5) is 17.3 Å². The fourth-order valence-corrected chi connectivity index (χ4v) is 1.97. The first-order valence-corrected chi connectivity index (χ1v) is 6.74. The second kappa shape index (κ2) is 6.73. The molecule has 2 aromatic rings. The molecule has 2 N–H and O–H groups in total. The van der Waals surface area contributed by atoms with Gasteiger partial charge in [0.2, 0.25) is 0 Å². The summed E-state index contributed by atoms with van der Waals surface area (Å²) in [5.74, 6) is 1.66. The Morgan fingerprint density at radius 1 is 1.05 bits per heavy atom. The van der Waals surface area contributed by atoms with Gasteiger partial charge in [0.25, 0.3) is 0 Å². The van der Waals surface area contributed by atoms with Crippen LogP contribution in [0.15, 0.2) is 36.7 Å². The molecule has 0 bridgehead atoms. The van der Waals surface area contributed by atoms with E-state index < -0.39 is 0 Å². The van der Waals surface area contributed by atoms with E-state index in [1.165, 1.54) is 5.56 Å². The highest BCUT2D eigenvalue weighted by Gasteiger charge is 2.03. The highest BCUT2D eigenvalue weighted by atomic mass is 15.1. The van der Waals surface area contributed by atoms with Crippen LogP contribution >= 0.6 is 0 Å². The number of rotatable bonds is 6. The van der Waals surface area contributed by atoms with Gasteiger partial charge in [-0.3, -0.25) is 0 Å². The van der Waals surface area contributed by atoms with Gasteiger partial charge in [-0.05, 0) is 25.0 Å². The van der Waals surface area contributed by atoms with Crippen LogP contribution < -0.4 is 10.6 Å². The molecule has 0 aliphatic heterocycles. The zero-order chi connectivity index (χ0) is 13.5. The molecule has 0 saturated carbocycles. The summed E-state index contributed by atoms with van der Waals surface area (Å²) in [6.45, 7) is 5.08. The maximum Gasteiger partial charge on any atom is 0.135 e. The number of nitrogens with zero attached hydrogens (tertiary/aromatic N) is 2. The third-order valence-electron chi connectivity index (χ3n) is 2.82. The molecule has 0 aliphatic rings. The monoisotopic (exact) mass is 256 g/mol.